The molecule has 2 saturated carbocycles. The number of aromatic nitrogens is 12. The number of halogens is 9. The van der Waals surface area contributed by atoms with Gasteiger partial charge in [-0.1, -0.05) is 30.4 Å². The molecule has 38 heteroatoms. The lowest BCUT2D eigenvalue weighted by Crippen LogP contribution is -2.51. The van der Waals surface area contributed by atoms with E-state index < -0.39 is 120 Å². The van der Waals surface area contributed by atoms with Crippen molar-refractivity contribution < 1.29 is 86.2 Å². The number of aromatic amines is 1. The molecule has 2 aliphatic heterocycles. The largest absolute Gasteiger partial charge is 0.458 e. The maximum atomic E-state index is 13.9. The molecule has 10 heterocycles. The first-order valence-electron chi connectivity index (χ1n) is 28.5. The fourth-order valence-electron chi connectivity index (χ4n) is 11.5. The van der Waals surface area contributed by atoms with Gasteiger partial charge in [0.1, 0.15) is 98.4 Å². The van der Waals surface area contributed by atoms with Crippen LogP contribution >= 0.6 is 24.8 Å². The summed E-state index contributed by atoms with van der Waals surface area (Å²) in [6.07, 6.45) is 14.9. The number of anilines is 2. The highest BCUT2D eigenvalue weighted by molar-refractivity contribution is 5.92. The summed E-state index contributed by atoms with van der Waals surface area (Å²) < 4.78 is 103. The van der Waals surface area contributed by atoms with Crippen molar-refractivity contribution in [3.8, 4) is 0 Å². The number of carbonyl (C=O) groups excluding carboxylic acids is 1. The number of ether oxygens (including phenoxy) is 1. The highest BCUT2D eigenvalue weighted by Gasteiger charge is 2.50. The Balaban J connectivity index is 0.000000147. The van der Waals surface area contributed by atoms with E-state index in [9.17, 15) is 76.4 Å². The van der Waals surface area contributed by atoms with E-state index in [4.69, 9.17) is 27.0 Å². The zero-order valence-electron chi connectivity index (χ0n) is 49.3. The van der Waals surface area contributed by atoms with Gasteiger partial charge in [-0.3, -0.25) is 9.79 Å². The molecular formula is C57H63Cl2F7N18O11. The molecule has 95 heavy (non-hydrogen) atoms. The van der Waals surface area contributed by atoms with Gasteiger partial charge < -0.3 is 91.5 Å². The van der Waals surface area contributed by atoms with E-state index in [0.717, 1.165) is 31.0 Å². The molecule has 7 aliphatic rings. The summed E-state index contributed by atoms with van der Waals surface area (Å²) in [7, 11) is 0. The monoisotopic (exact) mass is 1380 g/mol. The third-order valence-corrected chi connectivity index (χ3v) is 16.0. The molecule has 15 rings (SSSR count). The van der Waals surface area contributed by atoms with Crippen molar-refractivity contribution in [1.82, 2.24) is 63.5 Å². The topological polar surface area (TPSA) is 448 Å². The number of imidazole rings is 4. The van der Waals surface area contributed by atoms with Crippen LogP contribution in [0.4, 0.5) is 42.4 Å². The highest BCUT2D eigenvalue weighted by atomic mass is 35.5. The Labute approximate surface area is 543 Å². The van der Waals surface area contributed by atoms with Crippen LogP contribution in [0.15, 0.2) is 109 Å². The average molecular weight is 1380 g/mol. The van der Waals surface area contributed by atoms with Crippen LogP contribution in [-0.2, 0) is 9.53 Å². The molecule has 2 unspecified atom stereocenters. The second-order valence-corrected chi connectivity index (χ2v) is 22.2. The Hall–Kier alpha value is -8.82. The summed E-state index contributed by atoms with van der Waals surface area (Å²) in [6.45, 7) is 1.36. The second kappa shape index (κ2) is 30.3. The first-order chi connectivity index (χ1) is 44.3. The zero-order valence-corrected chi connectivity index (χ0v) is 50.9. The van der Waals surface area contributed by atoms with Crippen molar-refractivity contribution in [3.05, 3.63) is 134 Å². The highest BCUT2D eigenvalue weighted by Crippen LogP contribution is 2.37. The normalized spacial score (nSPS) is 28.2. The molecular weight excluding hydrogens is 1320 g/mol. The van der Waals surface area contributed by atoms with Crippen LogP contribution < -0.4 is 17.2 Å². The van der Waals surface area contributed by atoms with Crippen molar-refractivity contribution in [1.29, 1.82) is 0 Å². The number of nitrogens with two attached hydrogens (primary N) is 3. The van der Waals surface area contributed by atoms with Crippen LogP contribution in [-0.4, -0.2) is 207 Å². The van der Waals surface area contributed by atoms with E-state index in [1.807, 2.05) is 6.08 Å². The molecule has 0 saturated heterocycles. The maximum Gasteiger partial charge on any atom is 0.303 e. The molecule has 8 aromatic heterocycles. The van der Waals surface area contributed by atoms with Crippen molar-refractivity contribution in [2.45, 2.75) is 136 Å². The number of allylic oxidation sites excluding steroid dienone is 2. The predicted octanol–water partition coefficient (Wildman–Crippen LogP) is 2.19. The number of nitrogen functional groups attached to an aromatic ring is 2. The molecule has 510 valence electrons. The molecule has 16 atom stereocenters. The number of nitrogens with zero attached hydrogens (tertiary/aromatic N) is 14. The Morgan fingerprint density at radius 1 is 0.537 bits per heavy atom. The Morgan fingerprint density at radius 2 is 1.01 bits per heavy atom. The molecule has 0 aromatic carbocycles. The van der Waals surface area contributed by atoms with Crippen LogP contribution in [0.1, 0.15) is 57.2 Å². The van der Waals surface area contributed by atoms with Crippen molar-refractivity contribution in [3.63, 3.8) is 0 Å². The molecule has 5 aliphatic carbocycles. The Kier molecular flexibility index (Phi) is 23.0. The number of aliphatic imine (C=N–C) groups is 2. The van der Waals surface area contributed by atoms with Gasteiger partial charge in [0.05, 0.1) is 117 Å². The summed E-state index contributed by atoms with van der Waals surface area (Å²) in [6, 6.07) is -2.93. The van der Waals surface area contributed by atoms with E-state index in [1.165, 1.54) is 52.6 Å². The number of aliphatic hydroxyl groups excluding tert-OH is 9. The van der Waals surface area contributed by atoms with E-state index in [0.29, 0.717) is 30.3 Å². The second-order valence-electron chi connectivity index (χ2n) is 22.2. The number of H-pyrrole nitrogens is 1. The van der Waals surface area contributed by atoms with Crippen molar-refractivity contribution in [2.75, 3.05) is 11.5 Å². The number of pyridine rings is 4. The van der Waals surface area contributed by atoms with Crippen LogP contribution in [0.25, 0.3) is 44.1 Å². The first-order valence-corrected chi connectivity index (χ1v) is 28.5. The number of hydrogen-bond donors (Lipinski definition) is 13. The van der Waals surface area contributed by atoms with Gasteiger partial charge in [0.2, 0.25) is 11.9 Å². The van der Waals surface area contributed by atoms with E-state index in [2.05, 4.69) is 54.8 Å². The van der Waals surface area contributed by atoms with Gasteiger partial charge in [-0.25, -0.2) is 66.8 Å². The van der Waals surface area contributed by atoms with Gasteiger partial charge in [-0.2, -0.15) is 8.78 Å². The number of carbonyl (C=O) groups is 1. The van der Waals surface area contributed by atoms with Crippen molar-refractivity contribution >= 4 is 98.7 Å². The number of hydrogen-bond acceptors (Lipinski definition) is 25. The van der Waals surface area contributed by atoms with E-state index in [-0.39, 0.29) is 112 Å². The summed E-state index contributed by atoms with van der Waals surface area (Å²) in [5.74, 6) is -4.14. The van der Waals surface area contributed by atoms with Gasteiger partial charge >= 0.3 is 5.97 Å². The lowest BCUT2D eigenvalue weighted by molar-refractivity contribution is -0.144. The summed E-state index contributed by atoms with van der Waals surface area (Å²) in [4.78, 5) is 51.4. The van der Waals surface area contributed by atoms with Crippen LogP contribution in [0, 0.1) is 35.2 Å². The minimum atomic E-state index is -1.26. The van der Waals surface area contributed by atoms with Gasteiger partial charge in [0.25, 0.3) is 0 Å². The molecule has 8 aromatic rings. The molecule has 2 fully saturated rings. The average Bonchev–Trinajstić information content (AvgIpc) is 1.65. The summed E-state index contributed by atoms with van der Waals surface area (Å²) in [5, 5.41) is 85.9. The van der Waals surface area contributed by atoms with Gasteiger partial charge in [-0.15, -0.1) is 24.8 Å². The van der Waals surface area contributed by atoms with E-state index >= 15 is 0 Å². The number of esters is 1. The molecule has 29 nitrogen and oxygen atoms in total. The van der Waals surface area contributed by atoms with Gasteiger partial charge in [0, 0.05) is 26.2 Å². The number of nitrogens with one attached hydrogen (secondary N) is 1. The number of rotatable bonds is 5. The molecule has 0 spiro atoms. The van der Waals surface area contributed by atoms with Gasteiger partial charge in [0.15, 0.2) is 34.9 Å². The van der Waals surface area contributed by atoms with E-state index in [1.54, 1.807) is 34.9 Å². The van der Waals surface area contributed by atoms with Gasteiger partial charge in [-0.05, 0) is 18.9 Å². The summed E-state index contributed by atoms with van der Waals surface area (Å²) >= 11 is 0. The molecule has 16 N–H and O–H groups in total. The third kappa shape index (κ3) is 15.2. The smallest absolute Gasteiger partial charge is 0.303 e. The van der Waals surface area contributed by atoms with Crippen molar-refractivity contribution in [2.24, 2.45) is 15.7 Å². The first kappa shape index (κ1) is 72.0. The zero-order chi connectivity index (χ0) is 66.9. The minimum Gasteiger partial charge on any atom is -0.458 e. The Bertz CT molecular complexity index is 4090. The standard InChI is InChI=1S/C11H9F2N3O.C11H15FN4O3.C11H13FN4O3.C11H11FN4O.C7H10O3.C6H3F2N3.2ClH/c12-8-4-14-11(13)9-10(8)16(5-15-9)6-1-2-7(17)3-6;2*12-4-2-14-11(13)7-8(4)16(3-15-7)5-1-6(17)10(19)9(5)18;12-8-4-14-11(13)9-10(8)16(5-15-9)6-1-2-7(17)3-6;1-5(8)10-7-3-2-6(9)4-7;7-3-1-9-6(8)5-4(3)10-2-11-5;;/h1-2,4-7,17H,3H2;2-3,5-10,17-19H,1H2,(H2,13,14);2-3,5-6,9-10,17-19H,1H2,(H2,13,14);1-2,4-7,17H,3H2,(H2,13,14);2-3,6-7,9H,4H2,1H3;1-2H,(H,10,11);2*1H/t6-,7+;5-,6+,7?,8?,9+,10-;5-,6+,9+,10-;2*6-,7+;;;/m01101.../s1. The molecule has 0 amide bonds. The lowest BCUT2D eigenvalue weighted by atomic mass is 10.0. The third-order valence-electron chi connectivity index (χ3n) is 16.0. The number of amidine groups is 1. The summed E-state index contributed by atoms with van der Waals surface area (Å²) in [5.41, 5.74) is 17.9. The molecule has 0 bridgehead atoms. The fourth-order valence-corrected chi connectivity index (χ4v) is 11.5. The minimum absolute atomic E-state index is 0. The van der Waals surface area contributed by atoms with Crippen LogP contribution in [0.5, 0.6) is 0 Å². The quantitative estimate of drug-likeness (QED) is 0.0508. The number of fused-ring (bicyclic) bond motifs is 5. The van der Waals surface area contributed by atoms with Crippen LogP contribution in [0.3, 0.4) is 0 Å². The molecule has 0 radical (unpaired) electrons. The van der Waals surface area contributed by atoms with Crippen LogP contribution in [0.2, 0.25) is 0 Å². The lowest BCUT2D eigenvalue weighted by Gasteiger charge is -2.34. The Morgan fingerprint density at radius 3 is 1.51 bits per heavy atom. The predicted molar refractivity (Wildman–Crippen MR) is 329 cm³/mol. The maximum absolute atomic E-state index is 13.9. The SMILES string of the molecule is CC(=O)O[C@H]1C=C[C@@H](O)C1.Cl.Cl.Fc1cnc(F)c2[nH]cnc12.NC1=NC=C(F)C2C1N=CN2[C@@H]1C[C@H](O)[C@@H](O)[C@H]1O.Nc1ncc(F)c2c1ncn2[C@@H]1C[C@H](O)[C@@H](O)[C@H]1O.Nc1ncc(F)c2c1ncn2[C@H]1C=C[C@@H](O)C1.O[C@@H]1C=C[C@H](n2cnc3c(F)ncc(F)c32)C1. The number of aliphatic hydroxyl groups is 9. The fraction of sp³-hybridized carbons (Fsp3) is 0.386.